The lowest BCUT2D eigenvalue weighted by molar-refractivity contribution is -0.139. The molecule has 0 N–H and O–H groups in total. The first kappa shape index (κ1) is 15.7. The summed E-state index contributed by atoms with van der Waals surface area (Å²) in [5.74, 6) is -0.721. The topological polar surface area (TPSA) is 65.5 Å². The molecule has 0 aliphatic heterocycles. The quantitative estimate of drug-likeness (QED) is 0.794. The van der Waals surface area contributed by atoms with Crippen LogP contribution in [0.1, 0.15) is 23.0 Å². The minimum absolute atomic E-state index is 0.229. The monoisotopic (exact) mass is 299 g/mol. The summed E-state index contributed by atoms with van der Waals surface area (Å²) in [5, 5.41) is 0. The van der Waals surface area contributed by atoms with Crippen molar-refractivity contribution < 1.29 is 19.1 Å². The fourth-order valence-corrected chi connectivity index (χ4v) is 1.95. The van der Waals surface area contributed by atoms with Gasteiger partial charge in [0.15, 0.2) is 0 Å². The molecule has 2 aromatic rings. The maximum Gasteiger partial charge on any atom is 0.356 e. The molecule has 0 bridgehead atoms. The van der Waals surface area contributed by atoms with Crippen LogP contribution in [0.25, 0.3) is 11.3 Å². The summed E-state index contributed by atoms with van der Waals surface area (Å²) in [6, 6.07) is 12.6. The zero-order valence-corrected chi connectivity index (χ0v) is 12.5. The van der Waals surface area contributed by atoms with Crippen LogP contribution in [0, 0.1) is 0 Å². The van der Waals surface area contributed by atoms with E-state index in [1.54, 1.807) is 19.1 Å². The lowest BCUT2D eigenvalue weighted by Gasteiger charge is -2.06. The Morgan fingerprint density at radius 2 is 1.82 bits per heavy atom. The van der Waals surface area contributed by atoms with Gasteiger partial charge in [0, 0.05) is 5.56 Å². The molecule has 5 nitrogen and oxygen atoms in total. The largest absolute Gasteiger partial charge is 0.469 e. The first-order valence-electron chi connectivity index (χ1n) is 6.94. The molecule has 0 saturated carbocycles. The van der Waals surface area contributed by atoms with Gasteiger partial charge in [0.05, 0.1) is 25.8 Å². The van der Waals surface area contributed by atoms with Gasteiger partial charge in [0.1, 0.15) is 5.69 Å². The van der Waals surface area contributed by atoms with Crippen molar-refractivity contribution in [1.82, 2.24) is 4.98 Å². The van der Waals surface area contributed by atoms with Crippen molar-refractivity contribution >= 4 is 11.9 Å². The second-order valence-electron chi connectivity index (χ2n) is 4.58. The smallest absolute Gasteiger partial charge is 0.356 e. The fourth-order valence-electron chi connectivity index (χ4n) is 1.95. The number of hydrogen-bond donors (Lipinski definition) is 0. The average Bonchev–Trinajstić information content (AvgIpc) is 2.56. The van der Waals surface area contributed by atoms with Crippen LogP contribution >= 0.6 is 0 Å². The molecule has 2 rings (SSSR count). The third-order valence-electron chi connectivity index (χ3n) is 3.06. The molecule has 0 fully saturated rings. The highest BCUT2D eigenvalue weighted by Gasteiger charge is 2.10. The number of carbonyl (C=O) groups is 2. The first-order chi connectivity index (χ1) is 10.6. The highest BCUT2D eigenvalue weighted by molar-refractivity contribution is 5.88. The van der Waals surface area contributed by atoms with Crippen molar-refractivity contribution in [2.24, 2.45) is 0 Å². The number of rotatable bonds is 5. The standard InChI is InChI=1S/C17H17NO4/c1-3-22-17(20)15-6-4-5-14(18-15)13-9-7-12(8-10-13)11-16(19)21-2/h4-10H,3,11H2,1-2H3. The summed E-state index contributed by atoms with van der Waals surface area (Å²) < 4.78 is 9.57. The van der Waals surface area contributed by atoms with Gasteiger partial charge in [-0.05, 0) is 24.6 Å². The Labute approximate surface area is 128 Å². The van der Waals surface area contributed by atoms with Crippen LogP contribution < -0.4 is 0 Å². The Kier molecular flexibility index (Phi) is 5.25. The van der Waals surface area contributed by atoms with E-state index in [0.717, 1.165) is 11.1 Å². The van der Waals surface area contributed by atoms with Crippen molar-refractivity contribution in [3.63, 3.8) is 0 Å². The lowest BCUT2D eigenvalue weighted by Crippen LogP contribution is -2.07. The molecule has 22 heavy (non-hydrogen) atoms. The van der Waals surface area contributed by atoms with Gasteiger partial charge in [-0.2, -0.15) is 0 Å². The molecule has 0 aliphatic carbocycles. The van der Waals surface area contributed by atoms with Gasteiger partial charge in [-0.25, -0.2) is 9.78 Å². The van der Waals surface area contributed by atoms with Crippen LogP contribution in [0.4, 0.5) is 0 Å². The van der Waals surface area contributed by atoms with E-state index in [2.05, 4.69) is 9.72 Å². The maximum atomic E-state index is 11.7. The van der Waals surface area contributed by atoms with Crippen molar-refractivity contribution in [2.45, 2.75) is 13.3 Å². The van der Waals surface area contributed by atoms with Gasteiger partial charge in [-0.3, -0.25) is 4.79 Å². The van der Waals surface area contributed by atoms with Gasteiger partial charge in [-0.1, -0.05) is 30.3 Å². The third-order valence-corrected chi connectivity index (χ3v) is 3.06. The Bertz CT molecular complexity index is 665. The zero-order chi connectivity index (χ0) is 15.9. The van der Waals surface area contributed by atoms with E-state index in [4.69, 9.17) is 4.74 Å². The number of benzene rings is 1. The minimum Gasteiger partial charge on any atom is -0.469 e. The molecular weight excluding hydrogens is 282 g/mol. The Morgan fingerprint density at radius 1 is 1.09 bits per heavy atom. The van der Waals surface area contributed by atoms with Crippen LogP contribution in [0.3, 0.4) is 0 Å². The van der Waals surface area contributed by atoms with Crippen LogP contribution in [0.15, 0.2) is 42.5 Å². The minimum atomic E-state index is -0.438. The second kappa shape index (κ2) is 7.36. The molecular formula is C17H17NO4. The summed E-state index contributed by atoms with van der Waals surface area (Å²) in [6.45, 7) is 2.06. The predicted octanol–water partition coefficient (Wildman–Crippen LogP) is 2.64. The van der Waals surface area contributed by atoms with Crippen LogP contribution in [0.5, 0.6) is 0 Å². The van der Waals surface area contributed by atoms with Crippen molar-refractivity contribution in [2.75, 3.05) is 13.7 Å². The van der Waals surface area contributed by atoms with Crippen LogP contribution in [-0.2, 0) is 20.7 Å². The first-order valence-corrected chi connectivity index (χ1v) is 6.94. The molecule has 0 aliphatic rings. The normalized spacial score (nSPS) is 10.1. The summed E-state index contributed by atoms with van der Waals surface area (Å²) in [7, 11) is 1.36. The molecule has 0 spiro atoms. The fraction of sp³-hybridized carbons (Fsp3) is 0.235. The number of aromatic nitrogens is 1. The second-order valence-corrected chi connectivity index (χ2v) is 4.58. The van der Waals surface area contributed by atoms with Gasteiger partial charge in [-0.15, -0.1) is 0 Å². The summed E-state index contributed by atoms with van der Waals surface area (Å²) in [4.78, 5) is 27.2. The highest BCUT2D eigenvalue weighted by atomic mass is 16.5. The molecule has 114 valence electrons. The van der Waals surface area contributed by atoms with E-state index < -0.39 is 5.97 Å². The summed E-state index contributed by atoms with van der Waals surface area (Å²) in [5.41, 5.74) is 2.67. The lowest BCUT2D eigenvalue weighted by atomic mass is 10.1. The number of methoxy groups -OCH3 is 1. The number of pyridine rings is 1. The van der Waals surface area contributed by atoms with Gasteiger partial charge in [0.2, 0.25) is 0 Å². The summed E-state index contributed by atoms with van der Waals surface area (Å²) in [6.07, 6.45) is 0.229. The van der Waals surface area contributed by atoms with Gasteiger partial charge in [0.25, 0.3) is 0 Å². The van der Waals surface area contributed by atoms with Crippen LogP contribution in [-0.4, -0.2) is 30.6 Å². The number of hydrogen-bond acceptors (Lipinski definition) is 5. The van der Waals surface area contributed by atoms with E-state index in [0.29, 0.717) is 12.3 Å². The Hall–Kier alpha value is -2.69. The van der Waals surface area contributed by atoms with Crippen molar-refractivity contribution in [3.8, 4) is 11.3 Å². The molecule has 0 atom stereocenters. The van der Waals surface area contributed by atoms with E-state index >= 15 is 0 Å². The van der Waals surface area contributed by atoms with E-state index in [9.17, 15) is 9.59 Å². The molecule has 0 unspecified atom stereocenters. The molecule has 0 radical (unpaired) electrons. The van der Waals surface area contributed by atoms with Crippen molar-refractivity contribution in [1.29, 1.82) is 0 Å². The zero-order valence-electron chi connectivity index (χ0n) is 12.5. The number of carbonyl (C=O) groups excluding carboxylic acids is 2. The molecule has 0 saturated heterocycles. The molecule has 5 heteroatoms. The summed E-state index contributed by atoms with van der Waals surface area (Å²) >= 11 is 0. The third kappa shape index (κ3) is 3.91. The predicted molar refractivity (Wildman–Crippen MR) is 81.3 cm³/mol. The number of esters is 2. The van der Waals surface area contributed by atoms with E-state index in [1.807, 2.05) is 30.3 Å². The maximum absolute atomic E-state index is 11.7. The van der Waals surface area contributed by atoms with Crippen LogP contribution in [0.2, 0.25) is 0 Å². The Balaban J connectivity index is 2.19. The SMILES string of the molecule is CCOC(=O)c1cccc(-c2ccc(CC(=O)OC)cc2)n1. The average molecular weight is 299 g/mol. The van der Waals surface area contributed by atoms with Gasteiger partial charge >= 0.3 is 11.9 Å². The molecule has 1 heterocycles. The number of ether oxygens (including phenoxy) is 2. The molecule has 1 aromatic carbocycles. The van der Waals surface area contributed by atoms with E-state index in [1.165, 1.54) is 7.11 Å². The molecule has 1 aromatic heterocycles. The molecule has 0 amide bonds. The van der Waals surface area contributed by atoms with Gasteiger partial charge < -0.3 is 9.47 Å². The number of nitrogens with zero attached hydrogens (tertiary/aromatic N) is 1. The van der Waals surface area contributed by atoms with Crippen molar-refractivity contribution in [3.05, 3.63) is 53.7 Å². The van der Waals surface area contributed by atoms with E-state index in [-0.39, 0.29) is 18.1 Å². The Morgan fingerprint density at radius 3 is 2.45 bits per heavy atom. The highest BCUT2D eigenvalue weighted by Crippen LogP contribution is 2.18.